The summed E-state index contributed by atoms with van der Waals surface area (Å²) in [7, 11) is 0. The van der Waals surface area contributed by atoms with E-state index in [1.807, 2.05) is 0 Å². The summed E-state index contributed by atoms with van der Waals surface area (Å²) in [5.74, 6) is 0. The summed E-state index contributed by atoms with van der Waals surface area (Å²) in [5, 5.41) is 12.7. The van der Waals surface area contributed by atoms with Crippen LogP contribution in [0.2, 0.25) is 0 Å². The third kappa shape index (κ3) is 5.52. The number of hydrogen-bond donors (Lipinski definition) is 0. The average Bonchev–Trinajstić information content (AvgIpc) is 3.20. The molecule has 8 aromatic carbocycles. The van der Waals surface area contributed by atoms with Gasteiger partial charge in [-0.3, -0.25) is 0 Å². The molecule has 0 heterocycles. The quantitative estimate of drug-likeness (QED) is 0.111. The van der Waals surface area contributed by atoms with Crippen LogP contribution < -0.4 is 31.8 Å². The lowest BCUT2D eigenvalue weighted by molar-refractivity contribution is 1.72. The second-order valence-corrected chi connectivity index (χ2v) is 19.0. The van der Waals surface area contributed by atoms with Crippen LogP contribution in [0.3, 0.4) is 0 Å². The van der Waals surface area contributed by atoms with Gasteiger partial charge in [0.15, 0.2) is 0 Å². The maximum absolute atomic E-state index is 5.05. The lowest BCUT2D eigenvalue weighted by Gasteiger charge is -2.28. The van der Waals surface area contributed by atoms with Crippen molar-refractivity contribution in [3.05, 3.63) is 205 Å². The van der Waals surface area contributed by atoms with Crippen LogP contribution in [0, 0.1) is 0 Å². The van der Waals surface area contributed by atoms with Crippen LogP contribution in [0.25, 0.3) is 33.7 Å². The smallest absolute Gasteiger partial charge is 0.00869 e. The van der Waals surface area contributed by atoms with E-state index in [2.05, 4.69) is 206 Å². The van der Waals surface area contributed by atoms with E-state index >= 15 is 0 Å². The van der Waals surface area contributed by atoms with Gasteiger partial charge < -0.3 is 0 Å². The topological polar surface area (TPSA) is 0 Å². The normalized spacial score (nSPS) is 12.1. The second-order valence-electron chi connectivity index (χ2n) is 12.7. The summed E-state index contributed by atoms with van der Waals surface area (Å²) in [5.41, 5.74) is 2.38. The SMILES string of the molecule is C=P(c1ccccc1)(c1ccccc1)c1ccc(/C=C/c2ccc(P(=C)(c3ccccc3)c3ccccc3)c3ccccc23)c2ccccc12. The maximum atomic E-state index is 5.05. The van der Waals surface area contributed by atoms with Gasteiger partial charge in [-0.05, 0) is 78.3 Å². The third-order valence-electron chi connectivity index (χ3n) is 9.92. The van der Waals surface area contributed by atoms with Crippen molar-refractivity contribution >= 4 is 91.9 Å². The molecule has 0 fully saturated rings. The van der Waals surface area contributed by atoms with Crippen molar-refractivity contribution in [3.8, 4) is 0 Å². The van der Waals surface area contributed by atoms with Crippen molar-refractivity contribution in [1.82, 2.24) is 0 Å². The minimum absolute atomic E-state index is 1.19. The molecule has 0 aliphatic rings. The molecular formula is C48H38P2. The molecule has 8 rings (SSSR count). The van der Waals surface area contributed by atoms with Crippen LogP contribution in [-0.4, -0.2) is 12.6 Å². The van der Waals surface area contributed by atoms with Gasteiger partial charge in [-0.15, -0.1) is 0 Å². The molecule has 0 aliphatic carbocycles. The first-order valence-electron chi connectivity index (χ1n) is 17.0. The zero-order chi connectivity index (χ0) is 34.0. The summed E-state index contributed by atoms with van der Waals surface area (Å²) in [6.07, 6.45) is 14.7. The number of fused-ring (bicyclic) bond motifs is 2. The highest BCUT2D eigenvalue weighted by atomic mass is 31.2. The van der Waals surface area contributed by atoms with Crippen LogP contribution in [0.4, 0.5) is 0 Å². The summed E-state index contributed by atoms with van der Waals surface area (Å²) >= 11 is 0. The minimum atomic E-state index is -2.15. The van der Waals surface area contributed by atoms with Crippen LogP contribution in [0.5, 0.6) is 0 Å². The fourth-order valence-corrected chi connectivity index (χ4v) is 13.6. The monoisotopic (exact) mass is 676 g/mol. The van der Waals surface area contributed by atoms with E-state index in [4.69, 9.17) is 12.6 Å². The molecule has 0 saturated carbocycles. The lowest BCUT2D eigenvalue weighted by atomic mass is 10.0. The van der Waals surface area contributed by atoms with E-state index in [-0.39, 0.29) is 0 Å². The molecule has 50 heavy (non-hydrogen) atoms. The molecular weight excluding hydrogens is 638 g/mol. The molecule has 0 amide bonds. The van der Waals surface area contributed by atoms with Gasteiger partial charge in [0.2, 0.25) is 0 Å². The van der Waals surface area contributed by atoms with Gasteiger partial charge in [-0.25, -0.2) is 0 Å². The Bertz CT molecular complexity index is 2300. The Balaban J connectivity index is 1.26. The molecule has 0 saturated heterocycles. The summed E-state index contributed by atoms with van der Waals surface area (Å²) in [6, 6.07) is 70.2. The van der Waals surface area contributed by atoms with E-state index < -0.39 is 13.8 Å². The Morgan fingerprint density at radius 2 is 0.540 bits per heavy atom. The molecule has 0 spiro atoms. The number of hydrogen-bond acceptors (Lipinski definition) is 0. The van der Waals surface area contributed by atoms with Gasteiger partial charge in [0, 0.05) is 0 Å². The first-order chi connectivity index (χ1) is 24.6. The van der Waals surface area contributed by atoms with E-state index in [9.17, 15) is 0 Å². The van der Waals surface area contributed by atoms with Crippen LogP contribution in [-0.2, 0) is 0 Å². The Labute approximate surface area is 296 Å². The predicted octanol–water partition coefficient (Wildman–Crippen LogP) is 9.62. The first-order valence-corrected chi connectivity index (χ1v) is 21.0. The standard InChI is InChI=1S/C48H38P2/c1-49(39-19-7-3-8-20-39,40-21-9-4-10-22-40)47-35-33-37(43-27-15-17-29-45(43)47)31-32-38-34-36-48(46-30-18-16-28-44(38)46)50(2,41-23-11-5-12-24-41)42-25-13-6-14-26-42/h3-36H,1-2H2/b32-31+. The van der Waals surface area contributed by atoms with Crippen molar-refractivity contribution in [2.45, 2.75) is 0 Å². The van der Waals surface area contributed by atoms with Crippen LogP contribution in [0.15, 0.2) is 194 Å². The van der Waals surface area contributed by atoms with Crippen molar-refractivity contribution in [2.75, 3.05) is 0 Å². The molecule has 240 valence electrons. The minimum Gasteiger partial charge on any atom is -0.0887 e. The molecule has 2 heteroatoms. The zero-order valence-electron chi connectivity index (χ0n) is 27.9. The van der Waals surface area contributed by atoms with Crippen molar-refractivity contribution in [2.24, 2.45) is 0 Å². The fraction of sp³-hybridized carbons (Fsp3) is 0. The number of benzene rings is 8. The van der Waals surface area contributed by atoms with Gasteiger partial charge in [-0.2, -0.15) is 0 Å². The molecule has 0 aromatic heterocycles. The molecule has 0 unspecified atom stereocenters. The largest absolute Gasteiger partial charge is 0.0887 e. The first kappa shape index (κ1) is 31.9. The van der Waals surface area contributed by atoms with E-state index in [0.29, 0.717) is 0 Å². The van der Waals surface area contributed by atoms with E-state index in [1.165, 1.54) is 64.5 Å². The molecule has 0 N–H and O–H groups in total. The summed E-state index contributed by atoms with van der Waals surface area (Å²) < 4.78 is 0. The van der Waals surface area contributed by atoms with E-state index in [0.717, 1.165) is 0 Å². The molecule has 0 aliphatic heterocycles. The highest BCUT2D eigenvalue weighted by Gasteiger charge is 2.26. The average molecular weight is 677 g/mol. The second kappa shape index (κ2) is 13.5. The van der Waals surface area contributed by atoms with Gasteiger partial charge >= 0.3 is 0 Å². The van der Waals surface area contributed by atoms with Gasteiger partial charge in [-0.1, -0.05) is 219 Å². The Kier molecular flexibility index (Phi) is 8.60. The van der Waals surface area contributed by atoms with Crippen molar-refractivity contribution < 1.29 is 0 Å². The van der Waals surface area contributed by atoms with Gasteiger partial charge in [0.25, 0.3) is 0 Å². The predicted molar refractivity (Wildman–Crippen MR) is 228 cm³/mol. The zero-order valence-corrected chi connectivity index (χ0v) is 29.7. The maximum Gasteiger partial charge on any atom is -0.00869 e. The lowest BCUT2D eigenvalue weighted by Crippen LogP contribution is -2.26. The van der Waals surface area contributed by atoms with Crippen LogP contribution >= 0.6 is 13.8 Å². The van der Waals surface area contributed by atoms with Gasteiger partial charge in [0.1, 0.15) is 0 Å². The molecule has 8 aromatic rings. The number of rotatable bonds is 8. The van der Waals surface area contributed by atoms with Gasteiger partial charge in [0.05, 0.1) is 0 Å². The Morgan fingerprint density at radius 3 is 0.840 bits per heavy atom. The molecule has 0 nitrogen and oxygen atoms in total. The Morgan fingerprint density at radius 1 is 0.280 bits per heavy atom. The van der Waals surface area contributed by atoms with Crippen LogP contribution in [0.1, 0.15) is 11.1 Å². The van der Waals surface area contributed by atoms with E-state index in [1.54, 1.807) is 0 Å². The summed E-state index contributed by atoms with van der Waals surface area (Å²) in [4.78, 5) is 0. The highest BCUT2D eigenvalue weighted by Crippen LogP contribution is 2.45. The highest BCUT2D eigenvalue weighted by molar-refractivity contribution is 7.94. The van der Waals surface area contributed by atoms with Crippen molar-refractivity contribution in [1.29, 1.82) is 0 Å². The Hall–Kier alpha value is -5.38. The van der Waals surface area contributed by atoms with Crippen molar-refractivity contribution in [3.63, 3.8) is 0 Å². The summed E-state index contributed by atoms with van der Waals surface area (Å²) in [6.45, 7) is -4.30. The molecule has 0 radical (unpaired) electrons. The molecule has 0 atom stereocenters. The fourth-order valence-electron chi connectivity index (χ4n) is 7.33. The molecule has 0 bridgehead atoms. The third-order valence-corrected chi connectivity index (χ3v) is 17.1.